The number of hydrogen-bond donors (Lipinski definition) is 1. The molecule has 0 radical (unpaired) electrons. The Kier molecular flexibility index (Phi) is 7.53. The highest BCUT2D eigenvalue weighted by atomic mass is 35.5. The number of ether oxygens (including phenoxy) is 1. The number of nitrogens with one attached hydrogen (secondary N) is 1. The molecule has 1 atom stereocenters. The molecule has 1 saturated heterocycles. The van der Waals surface area contributed by atoms with Crippen molar-refractivity contribution in [1.82, 2.24) is 4.90 Å². The highest BCUT2D eigenvalue weighted by Crippen LogP contribution is 2.43. The molecule has 2 aromatic carbocycles. The lowest BCUT2D eigenvalue weighted by Crippen LogP contribution is -2.23. The second-order valence-corrected chi connectivity index (χ2v) is 12.4. The van der Waals surface area contributed by atoms with Gasteiger partial charge < -0.3 is 9.64 Å². The number of thiophene rings is 1. The lowest BCUT2D eigenvalue weighted by atomic mass is 10.1. The molecule has 1 N–H and O–H groups in total. The highest BCUT2D eigenvalue weighted by molar-refractivity contribution is 7.94. The molecule has 0 bridgehead atoms. The van der Waals surface area contributed by atoms with Crippen LogP contribution < -0.4 is 9.46 Å². The number of nitrogens with zero attached hydrogens (tertiary/aromatic N) is 1. The molecule has 3 aromatic rings. The fraction of sp³-hybridized carbons (Fsp3) is 0.273. The number of alkyl halides is 3. The minimum atomic E-state index is -4.67. The number of likely N-dealkylation sites (N-methyl/N-ethyl adjacent to an activating group) is 1. The van der Waals surface area contributed by atoms with Gasteiger partial charge in [-0.1, -0.05) is 40.9 Å². The van der Waals surface area contributed by atoms with Gasteiger partial charge in [0.05, 0.1) is 15.6 Å². The minimum absolute atomic E-state index is 0.0861. The second-order valence-electron chi connectivity index (χ2n) is 7.98. The van der Waals surface area contributed by atoms with E-state index >= 15 is 0 Å². The van der Waals surface area contributed by atoms with Crippen LogP contribution >= 0.6 is 46.1 Å². The fourth-order valence-corrected chi connectivity index (χ4v) is 7.17. The lowest BCUT2D eigenvalue weighted by Gasteiger charge is -2.19. The Hall–Kier alpha value is -1.69. The van der Waals surface area contributed by atoms with Gasteiger partial charge in [-0.3, -0.25) is 4.72 Å². The molecule has 35 heavy (non-hydrogen) atoms. The molecule has 1 unspecified atom stereocenters. The topological polar surface area (TPSA) is 58.6 Å². The van der Waals surface area contributed by atoms with Crippen LogP contribution in [0, 0.1) is 0 Å². The zero-order valence-corrected chi connectivity index (χ0v) is 21.9. The summed E-state index contributed by atoms with van der Waals surface area (Å²) in [5, 5.41) is 0.587. The van der Waals surface area contributed by atoms with Crippen LogP contribution in [0.15, 0.2) is 46.7 Å². The van der Waals surface area contributed by atoms with Gasteiger partial charge in [-0.15, -0.1) is 11.3 Å². The summed E-state index contributed by atoms with van der Waals surface area (Å²) in [6.45, 7) is 1.15. The number of halogens is 6. The number of hydrogen-bond acceptors (Lipinski definition) is 5. The molecule has 1 aliphatic rings. The number of benzene rings is 2. The Balaban J connectivity index is 1.69. The van der Waals surface area contributed by atoms with Crippen LogP contribution in [0.3, 0.4) is 0 Å². The average Bonchev–Trinajstić information content (AvgIpc) is 3.32. The van der Waals surface area contributed by atoms with Crippen LogP contribution in [0.2, 0.25) is 14.4 Å². The van der Waals surface area contributed by atoms with Crippen LogP contribution in [-0.4, -0.2) is 39.6 Å². The molecule has 0 spiro atoms. The molecule has 188 valence electrons. The van der Waals surface area contributed by atoms with Gasteiger partial charge in [0.2, 0.25) is 0 Å². The van der Waals surface area contributed by atoms with Gasteiger partial charge in [0.15, 0.2) is 0 Å². The summed E-state index contributed by atoms with van der Waals surface area (Å²) in [7, 11) is -2.41. The van der Waals surface area contributed by atoms with Crippen molar-refractivity contribution in [3.8, 4) is 16.9 Å². The first kappa shape index (κ1) is 26.4. The first-order chi connectivity index (χ1) is 16.3. The lowest BCUT2D eigenvalue weighted by molar-refractivity contribution is -0.139. The van der Waals surface area contributed by atoms with Crippen LogP contribution in [0.5, 0.6) is 5.75 Å². The highest BCUT2D eigenvalue weighted by Gasteiger charge is 2.36. The van der Waals surface area contributed by atoms with Crippen molar-refractivity contribution in [2.45, 2.75) is 22.9 Å². The van der Waals surface area contributed by atoms with Gasteiger partial charge in [0.1, 0.15) is 16.1 Å². The molecule has 1 fully saturated rings. The molecule has 4 rings (SSSR count). The van der Waals surface area contributed by atoms with E-state index in [4.69, 9.17) is 39.5 Å². The standard InChI is InChI=1S/C22H18Cl3F3N2O3S2/c1-30-7-6-14(11-30)33-19-9-13(3-5-17(19)22(26,27)28)29-35(31,32)21-16(10-20(25)34-21)15-4-2-12(23)8-18(15)24/h2-5,8-10,14,29H,6-7,11H2,1H3. The maximum atomic E-state index is 13.6. The van der Waals surface area contributed by atoms with E-state index in [0.29, 0.717) is 30.1 Å². The zero-order chi connectivity index (χ0) is 25.5. The van der Waals surface area contributed by atoms with E-state index in [9.17, 15) is 21.6 Å². The molecule has 5 nitrogen and oxygen atoms in total. The van der Waals surface area contributed by atoms with Gasteiger partial charge in [-0.05, 0) is 43.8 Å². The van der Waals surface area contributed by atoms with E-state index in [1.807, 2.05) is 11.9 Å². The average molecular weight is 586 g/mol. The Labute approximate surface area is 219 Å². The molecular formula is C22H18Cl3F3N2O3S2. The Morgan fingerprint density at radius 1 is 1.09 bits per heavy atom. The number of likely N-dealkylation sites (tertiary alicyclic amines) is 1. The predicted molar refractivity (Wildman–Crippen MR) is 134 cm³/mol. The quantitative estimate of drug-likeness (QED) is 0.330. The van der Waals surface area contributed by atoms with Crippen molar-refractivity contribution >= 4 is 61.9 Å². The SMILES string of the molecule is CN1CCC(Oc2cc(NS(=O)(=O)c3sc(Cl)cc3-c3ccc(Cl)cc3Cl)ccc2C(F)(F)F)C1. The van der Waals surface area contributed by atoms with Gasteiger partial charge in [0, 0.05) is 40.3 Å². The second kappa shape index (κ2) is 9.99. The molecule has 2 heterocycles. The summed E-state index contributed by atoms with van der Waals surface area (Å²) in [6, 6.07) is 8.91. The molecule has 1 aromatic heterocycles. The summed E-state index contributed by atoms with van der Waals surface area (Å²) in [4.78, 5) is 1.94. The number of rotatable bonds is 6. The maximum absolute atomic E-state index is 13.6. The molecular weight excluding hydrogens is 568 g/mol. The summed E-state index contributed by atoms with van der Waals surface area (Å²) in [5.41, 5.74) is -0.437. The minimum Gasteiger partial charge on any atom is -0.488 e. The van der Waals surface area contributed by atoms with Crippen molar-refractivity contribution in [1.29, 1.82) is 0 Å². The van der Waals surface area contributed by atoms with E-state index < -0.39 is 33.6 Å². The van der Waals surface area contributed by atoms with Crippen molar-refractivity contribution < 1.29 is 26.3 Å². The normalized spacial score (nSPS) is 17.1. The maximum Gasteiger partial charge on any atom is 0.419 e. The third-order valence-electron chi connectivity index (χ3n) is 5.31. The fourth-order valence-electron chi connectivity index (χ4n) is 3.73. The van der Waals surface area contributed by atoms with Crippen LogP contribution in [-0.2, 0) is 16.2 Å². The van der Waals surface area contributed by atoms with Crippen LogP contribution in [0.4, 0.5) is 18.9 Å². The van der Waals surface area contributed by atoms with Crippen molar-refractivity contribution in [2.75, 3.05) is 24.9 Å². The van der Waals surface area contributed by atoms with E-state index in [1.165, 1.54) is 12.1 Å². The zero-order valence-electron chi connectivity index (χ0n) is 18.0. The number of sulfonamides is 1. The summed E-state index contributed by atoms with van der Waals surface area (Å²) >= 11 is 19.1. The molecule has 0 aliphatic carbocycles. The smallest absolute Gasteiger partial charge is 0.419 e. The van der Waals surface area contributed by atoms with E-state index in [0.717, 1.165) is 29.5 Å². The van der Waals surface area contributed by atoms with Crippen molar-refractivity contribution in [3.63, 3.8) is 0 Å². The number of anilines is 1. The third-order valence-corrected chi connectivity index (χ3v) is 9.04. The summed E-state index contributed by atoms with van der Waals surface area (Å²) in [6.07, 6.45) is -4.55. The van der Waals surface area contributed by atoms with Gasteiger partial charge >= 0.3 is 6.18 Å². The van der Waals surface area contributed by atoms with Gasteiger partial charge in [0.25, 0.3) is 10.0 Å². The molecule has 0 saturated carbocycles. The Morgan fingerprint density at radius 3 is 2.46 bits per heavy atom. The summed E-state index contributed by atoms with van der Waals surface area (Å²) in [5.74, 6) is -0.441. The largest absolute Gasteiger partial charge is 0.488 e. The Bertz CT molecular complexity index is 1360. The molecule has 0 amide bonds. The van der Waals surface area contributed by atoms with Gasteiger partial charge in [-0.25, -0.2) is 8.42 Å². The predicted octanol–water partition coefficient (Wildman–Crippen LogP) is 7.28. The monoisotopic (exact) mass is 584 g/mol. The van der Waals surface area contributed by atoms with Crippen molar-refractivity contribution in [2.24, 2.45) is 0 Å². The first-order valence-electron chi connectivity index (χ1n) is 10.2. The first-order valence-corrected chi connectivity index (χ1v) is 13.6. The molecule has 1 aliphatic heterocycles. The van der Waals surface area contributed by atoms with Crippen LogP contribution in [0.1, 0.15) is 12.0 Å². The third kappa shape index (κ3) is 6.00. The Morgan fingerprint density at radius 2 is 1.83 bits per heavy atom. The summed E-state index contributed by atoms with van der Waals surface area (Å²) < 4.78 is 75.3. The van der Waals surface area contributed by atoms with Gasteiger partial charge in [-0.2, -0.15) is 13.2 Å². The van der Waals surface area contributed by atoms with E-state index in [1.54, 1.807) is 12.1 Å². The van der Waals surface area contributed by atoms with E-state index in [-0.39, 0.29) is 24.8 Å². The van der Waals surface area contributed by atoms with Crippen LogP contribution in [0.25, 0.3) is 11.1 Å². The van der Waals surface area contributed by atoms with Crippen molar-refractivity contribution in [3.05, 3.63) is 62.4 Å². The van der Waals surface area contributed by atoms with E-state index in [2.05, 4.69) is 4.72 Å². The molecule has 13 heteroatoms.